The van der Waals surface area contributed by atoms with Crippen molar-refractivity contribution in [1.29, 1.82) is 0 Å². The molecule has 7 nitrogen and oxygen atoms in total. The number of rotatable bonds is 4. The fraction of sp³-hybridized carbons (Fsp3) is 0. The van der Waals surface area contributed by atoms with E-state index in [4.69, 9.17) is 5.11 Å². The molecule has 0 radical (unpaired) electrons. The number of imidazole rings is 1. The molecule has 0 atom stereocenters. The SMILES string of the molecule is O=Nc1nc(-c2ccc(-c3cn4ccccc4n3)cc2)sc1C(=O)O. The van der Waals surface area contributed by atoms with Crippen LogP contribution in [-0.4, -0.2) is 25.4 Å². The van der Waals surface area contributed by atoms with Gasteiger partial charge in [0.2, 0.25) is 5.82 Å². The molecule has 1 N–H and O–H groups in total. The van der Waals surface area contributed by atoms with Crippen molar-refractivity contribution in [1.82, 2.24) is 14.4 Å². The maximum absolute atomic E-state index is 11.1. The fourth-order valence-electron chi connectivity index (χ4n) is 2.49. The van der Waals surface area contributed by atoms with E-state index in [-0.39, 0.29) is 10.7 Å². The molecule has 0 spiro atoms. The van der Waals surface area contributed by atoms with Gasteiger partial charge in [0, 0.05) is 23.5 Å². The van der Waals surface area contributed by atoms with Crippen LogP contribution in [0.4, 0.5) is 5.82 Å². The number of fused-ring (bicyclic) bond motifs is 1. The number of hydrogen-bond donors (Lipinski definition) is 1. The van der Waals surface area contributed by atoms with Crippen molar-refractivity contribution < 1.29 is 9.90 Å². The van der Waals surface area contributed by atoms with Crippen LogP contribution in [0.5, 0.6) is 0 Å². The number of aromatic carboxylic acids is 1. The van der Waals surface area contributed by atoms with Crippen molar-refractivity contribution in [3.05, 3.63) is 64.6 Å². The molecule has 4 rings (SSSR count). The Kier molecular flexibility index (Phi) is 3.58. The number of benzene rings is 1. The van der Waals surface area contributed by atoms with Crippen LogP contribution in [0, 0.1) is 4.91 Å². The van der Waals surface area contributed by atoms with Crippen molar-refractivity contribution in [2.75, 3.05) is 0 Å². The summed E-state index contributed by atoms with van der Waals surface area (Å²) in [7, 11) is 0. The standard InChI is InChI=1S/C17H10N4O3S/c22-17(23)14-15(20-24)19-16(25-14)11-6-4-10(5-7-11)12-9-21-8-2-1-3-13(21)18-12/h1-9H,(H,22,23). The number of aromatic nitrogens is 3. The summed E-state index contributed by atoms with van der Waals surface area (Å²) in [6.45, 7) is 0. The van der Waals surface area contributed by atoms with E-state index in [1.807, 2.05) is 59.3 Å². The number of carboxylic acid groups (broad SMARTS) is 1. The summed E-state index contributed by atoms with van der Waals surface area (Å²) in [6, 6.07) is 13.2. The second kappa shape index (κ2) is 5.91. The smallest absolute Gasteiger partial charge is 0.350 e. The van der Waals surface area contributed by atoms with Gasteiger partial charge in [0.05, 0.1) is 5.69 Å². The van der Waals surface area contributed by atoms with Gasteiger partial charge in [0.15, 0.2) is 4.88 Å². The van der Waals surface area contributed by atoms with Gasteiger partial charge in [-0.3, -0.25) is 0 Å². The van der Waals surface area contributed by atoms with Crippen LogP contribution in [0.1, 0.15) is 9.67 Å². The van der Waals surface area contributed by atoms with E-state index in [9.17, 15) is 9.70 Å². The highest BCUT2D eigenvalue weighted by molar-refractivity contribution is 7.17. The van der Waals surface area contributed by atoms with Crippen molar-refractivity contribution in [2.45, 2.75) is 0 Å². The van der Waals surface area contributed by atoms with E-state index in [0.29, 0.717) is 5.01 Å². The van der Waals surface area contributed by atoms with Gasteiger partial charge < -0.3 is 9.51 Å². The quantitative estimate of drug-likeness (QED) is 0.556. The van der Waals surface area contributed by atoms with Gasteiger partial charge in [0.1, 0.15) is 10.7 Å². The predicted octanol–water partition coefficient (Wildman–Crippen LogP) is 4.22. The van der Waals surface area contributed by atoms with Crippen LogP contribution in [-0.2, 0) is 0 Å². The lowest BCUT2D eigenvalue weighted by molar-refractivity contribution is 0.0703. The first-order valence-corrected chi connectivity index (χ1v) is 8.09. The van der Waals surface area contributed by atoms with Crippen LogP contribution < -0.4 is 0 Å². The summed E-state index contributed by atoms with van der Waals surface area (Å²) in [4.78, 5) is 30.2. The third-order valence-corrected chi connectivity index (χ3v) is 4.76. The Morgan fingerprint density at radius 3 is 2.48 bits per heavy atom. The molecule has 3 aromatic heterocycles. The van der Waals surface area contributed by atoms with Crippen LogP contribution in [0.2, 0.25) is 0 Å². The average Bonchev–Trinajstić information content (AvgIpc) is 3.26. The monoisotopic (exact) mass is 350 g/mol. The third kappa shape index (κ3) is 2.68. The predicted molar refractivity (Wildman–Crippen MR) is 94.2 cm³/mol. The molecule has 4 aromatic rings. The molecule has 0 unspecified atom stereocenters. The van der Waals surface area contributed by atoms with E-state index in [2.05, 4.69) is 15.1 Å². The third-order valence-electron chi connectivity index (χ3n) is 3.68. The van der Waals surface area contributed by atoms with Crippen molar-refractivity contribution in [3.8, 4) is 21.8 Å². The molecular weight excluding hydrogens is 340 g/mol. The minimum atomic E-state index is -1.21. The second-order valence-electron chi connectivity index (χ2n) is 5.24. The molecular formula is C17H10N4O3S. The summed E-state index contributed by atoms with van der Waals surface area (Å²) in [5.74, 6) is -1.50. The maximum Gasteiger partial charge on any atom is 0.350 e. The minimum absolute atomic E-state index is 0.158. The molecule has 0 aliphatic heterocycles. The molecule has 8 heteroatoms. The highest BCUT2D eigenvalue weighted by Crippen LogP contribution is 2.33. The topological polar surface area (TPSA) is 96.9 Å². The zero-order valence-electron chi connectivity index (χ0n) is 12.7. The van der Waals surface area contributed by atoms with Gasteiger partial charge in [-0.15, -0.1) is 16.2 Å². The Balaban J connectivity index is 1.70. The lowest BCUT2D eigenvalue weighted by Crippen LogP contribution is -1.91. The van der Waals surface area contributed by atoms with Gasteiger partial charge in [0.25, 0.3) is 0 Å². The zero-order chi connectivity index (χ0) is 17.4. The van der Waals surface area contributed by atoms with Gasteiger partial charge in [-0.1, -0.05) is 30.3 Å². The number of carboxylic acids is 1. The number of thiazole rings is 1. The molecule has 0 amide bonds. The number of pyridine rings is 1. The Labute approximate surface area is 145 Å². The maximum atomic E-state index is 11.1. The highest BCUT2D eigenvalue weighted by Gasteiger charge is 2.19. The molecule has 0 fully saturated rings. The Morgan fingerprint density at radius 1 is 1.08 bits per heavy atom. The highest BCUT2D eigenvalue weighted by atomic mass is 32.1. The normalized spacial score (nSPS) is 10.9. The van der Waals surface area contributed by atoms with E-state index in [1.165, 1.54) is 0 Å². The van der Waals surface area contributed by atoms with Gasteiger partial charge in [-0.25, -0.2) is 14.8 Å². The molecule has 1 aromatic carbocycles. The molecule has 0 aliphatic rings. The van der Waals surface area contributed by atoms with Crippen LogP contribution in [0.15, 0.2) is 60.0 Å². The van der Waals surface area contributed by atoms with E-state index in [0.717, 1.165) is 33.8 Å². The van der Waals surface area contributed by atoms with Gasteiger partial charge in [-0.2, -0.15) is 0 Å². The van der Waals surface area contributed by atoms with E-state index < -0.39 is 5.97 Å². The van der Waals surface area contributed by atoms with Crippen LogP contribution >= 0.6 is 11.3 Å². The van der Waals surface area contributed by atoms with Crippen LogP contribution in [0.3, 0.4) is 0 Å². The van der Waals surface area contributed by atoms with Gasteiger partial charge in [-0.05, 0) is 17.3 Å². The van der Waals surface area contributed by atoms with Gasteiger partial charge >= 0.3 is 5.97 Å². The summed E-state index contributed by atoms with van der Waals surface area (Å²) < 4.78 is 1.94. The average molecular weight is 350 g/mol. The minimum Gasteiger partial charge on any atom is -0.477 e. The first-order valence-electron chi connectivity index (χ1n) is 7.28. The Morgan fingerprint density at radius 2 is 1.84 bits per heavy atom. The van der Waals surface area contributed by atoms with E-state index in [1.54, 1.807) is 0 Å². The van der Waals surface area contributed by atoms with Crippen molar-refractivity contribution >= 4 is 28.8 Å². The Hall–Kier alpha value is -3.39. The fourth-order valence-corrected chi connectivity index (χ4v) is 3.33. The molecule has 25 heavy (non-hydrogen) atoms. The molecule has 3 heterocycles. The summed E-state index contributed by atoms with van der Waals surface area (Å²) in [5, 5.41) is 12.2. The van der Waals surface area contributed by atoms with Crippen molar-refractivity contribution in [2.24, 2.45) is 5.18 Å². The summed E-state index contributed by atoms with van der Waals surface area (Å²) in [6.07, 6.45) is 3.86. The van der Waals surface area contributed by atoms with Crippen LogP contribution in [0.25, 0.3) is 27.5 Å². The first kappa shape index (κ1) is 15.2. The molecule has 0 aliphatic carbocycles. The largest absolute Gasteiger partial charge is 0.477 e. The molecule has 0 bridgehead atoms. The molecule has 122 valence electrons. The summed E-state index contributed by atoms with van der Waals surface area (Å²) >= 11 is 0.927. The van der Waals surface area contributed by atoms with Crippen molar-refractivity contribution in [3.63, 3.8) is 0 Å². The second-order valence-corrected chi connectivity index (χ2v) is 6.24. The number of hydrogen-bond acceptors (Lipinski definition) is 6. The lowest BCUT2D eigenvalue weighted by atomic mass is 10.1. The summed E-state index contributed by atoms with van der Waals surface area (Å²) in [5.41, 5.74) is 3.33. The first-order chi connectivity index (χ1) is 12.2. The molecule has 0 saturated heterocycles. The van der Waals surface area contributed by atoms with E-state index >= 15 is 0 Å². The number of carbonyl (C=O) groups is 1. The number of nitrogens with zero attached hydrogens (tertiary/aromatic N) is 4. The zero-order valence-corrected chi connectivity index (χ0v) is 13.5. The number of nitroso groups, excluding NO2 is 1. The molecule has 0 saturated carbocycles. The Bertz CT molecular complexity index is 1070. The lowest BCUT2D eigenvalue weighted by Gasteiger charge is -1.99.